The maximum absolute atomic E-state index is 9.79. The lowest BCUT2D eigenvalue weighted by Gasteiger charge is -2.15. The van der Waals surface area contributed by atoms with Crippen LogP contribution in [0.25, 0.3) is 0 Å². The Kier molecular flexibility index (Phi) is 4.45. The summed E-state index contributed by atoms with van der Waals surface area (Å²) >= 11 is 0. The van der Waals surface area contributed by atoms with Crippen molar-refractivity contribution in [3.63, 3.8) is 0 Å². The molecule has 1 aromatic heterocycles. The van der Waals surface area contributed by atoms with E-state index in [1.807, 2.05) is 29.8 Å². The molecule has 1 heterocycles. The van der Waals surface area contributed by atoms with Crippen LogP contribution in [0.4, 0.5) is 0 Å². The number of aromatic hydroxyl groups is 1. The van der Waals surface area contributed by atoms with Crippen molar-refractivity contribution in [2.75, 3.05) is 0 Å². The third-order valence-electron chi connectivity index (χ3n) is 3.76. The van der Waals surface area contributed by atoms with E-state index in [0.29, 0.717) is 12.3 Å². The van der Waals surface area contributed by atoms with Gasteiger partial charge in [-0.25, -0.2) is 0 Å². The maximum Gasteiger partial charge on any atom is 0.120 e. The largest absolute Gasteiger partial charge is 0.508 e. The Labute approximate surface area is 120 Å². The molecule has 0 aliphatic carbocycles. The van der Waals surface area contributed by atoms with Gasteiger partial charge in [-0.2, -0.15) is 5.10 Å². The van der Waals surface area contributed by atoms with Gasteiger partial charge in [0.2, 0.25) is 0 Å². The Bertz CT molecular complexity index is 589. The fourth-order valence-corrected chi connectivity index (χ4v) is 2.67. The van der Waals surface area contributed by atoms with Gasteiger partial charge in [0, 0.05) is 36.0 Å². The van der Waals surface area contributed by atoms with Gasteiger partial charge in [0.25, 0.3) is 0 Å². The molecule has 0 saturated heterocycles. The van der Waals surface area contributed by atoms with E-state index in [1.54, 1.807) is 6.07 Å². The molecule has 108 valence electrons. The standard InChI is InChI=1S/C16H23N3O/c1-5-19-13(4)16(12(3)18-19)11(2)17-10-14-8-6-7-9-15(14)20/h6-9,11,17,20H,5,10H2,1-4H3. The van der Waals surface area contributed by atoms with Gasteiger partial charge in [-0.1, -0.05) is 18.2 Å². The Balaban J connectivity index is 2.11. The normalized spacial score (nSPS) is 12.6. The SMILES string of the molecule is CCn1nc(C)c(C(C)NCc2ccccc2O)c1C. The van der Waals surface area contributed by atoms with E-state index in [1.165, 1.54) is 11.3 Å². The number of rotatable bonds is 5. The molecule has 0 radical (unpaired) electrons. The van der Waals surface area contributed by atoms with E-state index in [4.69, 9.17) is 0 Å². The highest BCUT2D eigenvalue weighted by molar-refractivity contribution is 5.32. The predicted molar refractivity (Wildman–Crippen MR) is 80.7 cm³/mol. The molecule has 0 bridgehead atoms. The Morgan fingerprint density at radius 1 is 1.30 bits per heavy atom. The summed E-state index contributed by atoms with van der Waals surface area (Å²) in [4.78, 5) is 0. The fraction of sp³-hybridized carbons (Fsp3) is 0.438. The van der Waals surface area contributed by atoms with Gasteiger partial charge in [0.1, 0.15) is 5.75 Å². The van der Waals surface area contributed by atoms with Gasteiger partial charge in [0.15, 0.2) is 0 Å². The highest BCUT2D eigenvalue weighted by Crippen LogP contribution is 2.23. The van der Waals surface area contributed by atoms with E-state index < -0.39 is 0 Å². The molecule has 4 nitrogen and oxygen atoms in total. The number of benzene rings is 1. The Morgan fingerprint density at radius 3 is 2.60 bits per heavy atom. The minimum absolute atomic E-state index is 0.204. The molecule has 0 aliphatic heterocycles. The van der Waals surface area contributed by atoms with Crippen LogP contribution >= 0.6 is 0 Å². The second-order valence-electron chi connectivity index (χ2n) is 5.13. The smallest absolute Gasteiger partial charge is 0.120 e. The molecule has 2 rings (SSSR count). The van der Waals surface area contributed by atoms with Crippen LogP contribution in [0, 0.1) is 13.8 Å². The lowest BCUT2D eigenvalue weighted by atomic mass is 10.1. The van der Waals surface area contributed by atoms with Crippen molar-refractivity contribution in [1.29, 1.82) is 0 Å². The number of aromatic nitrogens is 2. The average molecular weight is 273 g/mol. The van der Waals surface area contributed by atoms with Gasteiger partial charge in [0.05, 0.1) is 5.69 Å². The first-order valence-electron chi connectivity index (χ1n) is 7.08. The van der Waals surface area contributed by atoms with Crippen molar-refractivity contribution >= 4 is 0 Å². The van der Waals surface area contributed by atoms with E-state index in [-0.39, 0.29) is 6.04 Å². The van der Waals surface area contributed by atoms with Crippen LogP contribution in [0.1, 0.15) is 42.4 Å². The third-order valence-corrected chi connectivity index (χ3v) is 3.76. The average Bonchev–Trinajstić information content (AvgIpc) is 2.72. The van der Waals surface area contributed by atoms with Crippen LogP contribution in [0.3, 0.4) is 0 Å². The molecule has 4 heteroatoms. The number of phenolic OH excluding ortho intramolecular Hbond substituents is 1. The highest BCUT2D eigenvalue weighted by Gasteiger charge is 2.16. The number of para-hydroxylation sites is 1. The zero-order valence-electron chi connectivity index (χ0n) is 12.6. The number of nitrogens with one attached hydrogen (secondary N) is 1. The van der Waals surface area contributed by atoms with E-state index in [0.717, 1.165) is 17.8 Å². The number of hydrogen-bond acceptors (Lipinski definition) is 3. The predicted octanol–water partition coefficient (Wildman–Crippen LogP) is 3.08. The maximum atomic E-state index is 9.79. The number of hydrogen-bond donors (Lipinski definition) is 2. The quantitative estimate of drug-likeness (QED) is 0.880. The van der Waals surface area contributed by atoms with Crippen LogP contribution < -0.4 is 5.32 Å². The van der Waals surface area contributed by atoms with Crippen LogP contribution in [0.15, 0.2) is 24.3 Å². The lowest BCUT2D eigenvalue weighted by Crippen LogP contribution is -2.19. The first-order chi connectivity index (χ1) is 9.54. The first kappa shape index (κ1) is 14.6. The lowest BCUT2D eigenvalue weighted by molar-refractivity contribution is 0.460. The molecule has 2 aromatic rings. The molecule has 0 aliphatic rings. The number of phenols is 1. The molecule has 1 unspecified atom stereocenters. The van der Waals surface area contributed by atoms with Gasteiger partial charge >= 0.3 is 0 Å². The van der Waals surface area contributed by atoms with Crippen molar-refractivity contribution < 1.29 is 5.11 Å². The summed E-state index contributed by atoms with van der Waals surface area (Å²) in [5, 5.41) is 17.8. The van der Waals surface area contributed by atoms with Crippen LogP contribution in [0.2, 0.25) is 0 Å². The molecule has 0 amide bonds. The monoisotopic (exact) mass is 273 g/mol. The molecule has 1 atom stereocenters. The zero-order valence-corrected chi connectivity index (χ0v) is 12.6. The van der Waals surface area contributed by atoms with Crippen molar-refractivity contribution in [3.8, 4) is 5.75 Å². The summed E-state index contributed by atoms with van der Waals surface area (Å²) < 4.78 is 2.03. The highest BCUT2D eigenvalue weighted by atomic mass is 16.3. The molecule has 2 N–H and O–H groups in total. The molecule has 0 fully saturated rings. The number of nitrogens with zero attached hydrogens (tertiary/aromatic N) is 2. The minimum Gasteiger partial charge on any atom is -0.508 e. The second kappa shape index (κ2) is 6.09. The van der Waals surface area contributed by atoms with Crippen molar-refractivity contribution in [2.45, 2.75) is 46.8 Å². The van der Waals surface area contributed by atoms with Crippen LogP contribution in [-0.4, -0.2) is 14.9 Å². The third kappa shape index (κ3) is 2.85. The molecular weight excluding hydrogens is 250 g/mol. The molecule has 0 saturated carbocycles. The van der Waals surface area contributed by atoms with Gasteiger partial charge < -0.3 is 10.4 Å². The summed E-state index contributed by atoms with van der Waals surface area (Å²) in [5.41, 5.74) is 4.45. The first-order valence-corrected chi connectivity index (χ1v) is 7.08. The van der Waals surface area contributed by atoms with Crippen LogP contribution in [-0.2, 0) is 13.1 Å². The summed E-state index contributed by atoms with van der Waals surface area (Å²) in [6.07, 6.45) is 0. The van der Waals surface area contributed by atoms with E-state index in [9.17, 15) is 5.11 Å². The van der Waals surface area contributed by atoms with Gasteiger partial charge in [-0.05, 0) is 33.8 Å². The minimum atomic E-state index is 0.204. The van der Waals surface area contributed by atoms with Gasteiger partial charge in [-0.15, -0.1) is 0 Å². The van der Waals surface area contributed by atoms with E-state index >= 15 is 0 Å². The molecular formula is C16H23N3O. The Hall–Kier alpha value is -1.81. The second-order valence-corrected chi connectivity index (χ2v) is 5.13. The summed E-state index contributed by atoms with van der Waals surface area (Å²) in [5.74, 6) is 0.338. The van der Waals surface area contributed by atoms with Crippen molar-refractivity contribution in [3.05, 3.63) is 46.8 Å². The van der Waals surface area contributed by atoms with Crippen LogP contribution in [0.5, 0.6) is 5.75 Å². The topological polar surface area (TPSA) is 50.1 Å². The summed E-state index contributed by atoms with van der Waals surface area (Å²) in [6.45, 7) is 9.92. The van der Waals surface area contributed by atoms with Gasteiger partial charge in [-0.3, -0.25) is 4.68 Å². The van der Waals surface area contributed by atoms with Crippen molar-refractivity contribution in [1.82, 2.24) is 15.1 Å². The molecule has 20 heavy (non-hydrogen) atoms. The van der Waals surface area contributed by atoms with E-state index in [2.05, 4.69) is 31.2 Å². The number of aryl methyl sites for hydroxylation is 2. The Morgan fingerprint density at radius 2 is 2.00 bits per heavy atom. The fourth-order valence-electron chi connectivity index (χ4n) is 2.67. The van der Waals surface area contributed by atoms with Crippen molar-refractivity contribution in [2.24, 2.45) is 0 Å². The molecule has 0 spiro atoms. The summed E-state index contributed by atoms with van der Waals surface area (Å²) in [7, 11) is 0. The zero-order chi connectivity index (χ0) is 14.7. The summed E-state index contributed by atoms with van der Waals surface area (Å²) in [6, 6.07) is 7.63. The molecule has 1 aromatic carbocycles.